The second-order valence-corrected chi connectivity index (χ2v) is 5.61. The lowest BCUT2D eigenvalue weighted by Gasteiger charge is -2.17. The molecule has 1 amide bonds. The van der Waals surface area contributed by atoms with Crippen molar-refractivity contribution in [3.05, 3.63) is 35.0 Å². The van der Waals surface area contributed by atoms with Gasteiger partial charge in [0.15, 0.2) is 5.60 Å². The fourth-order valence-corrected chi connectivity index (χ4v) is 2.54. The Morgan fingerprint density at radius 2 is 2.15 bits per heavy atom. The summed E-state index contributed by atoms with van der Waals surface area (Å²) < 4.78 is 14.1. The fraction of sp³-hybridized carbons (Fsp3) is 0.231. The molecule has 0 fully saturated rings. The van der Waals surface area contributed by atoms with Crippen LogP contribution in [0.5, 0.6) is 0 Å². The quantitative estimate of drug-likeness (QED) is 0.800. The highest BCUT2D eigenvalue weighted by Crippen LogP contribution is 2.27. The van der Waals surface area contributed by atoms with Crippen LogP contribution in [0.2, 0.25) is 0 Å². The van der Waals surface area contributed by atoms with Gasteiger partial charge >= 0.3 is 5.97 Å². The molecule has 20 heavy (non-hydrogen) atoms. The maximum absolute atomic E-state index is 13.5. The standard InChI is InChI=1S/C13H12FNO4S/c1-13(19,12(17)18)6-15-11(16)10-5-7-8(14)3-2-4-9(7)20-10/h2-5,19H,6H2,1H3,(H,15,16)(H,17,18). The van der Waals surface area contributed by atoms with Gasteiger partial charge in [0, 0.05) is 10.1 Å². The molecule has 1 heterocycles. The lowest BCUT2D eigenvalue weighted by atomic mass is 10.1. The average Bonchev–Trinajstić information content (AvgIpc) is 2.81. The van der Waals surface area contributed by atoms with Gasteiger partial charge in [-0.3, -0.25) is 4.79 Å². The first kappa shape index (κ1) is 14.4. The summed E-state index contributed by atoms with van der Waals surface area (Å²) in [7, 11) is 0. The van der Waals surface area contributed by atoms with E-state index in [2.05, 4.69) is 5.32 Å². The van der Waals surface area contributed by atoms with Gasteiger partial charge in [-0.1, -0.05) is 6.07 Å². The molecule has 5 nitrogen and oxygen atoms in total. The highest BCUT2D eigenvalue weighted by molar-refractivity contribution is 7.20. The van der Waals surface area contributed by atoms with Crippen molar-refractivity contribution in [2.45, 2.75) is 12.5 Å². The highest BCUT2D eigenvalue weighted by Gasteiger charge is 2.30. The van der Waals surface area contributed by atoms with E-state index in [1.807, 2.05) is 0 Å². The number of hydrogen-bond acceptors (Lipinski definition) is 4. The van der Waals surface area contributed by atoms with Crippen LogP contribution in [0.3, 0.4) is 0 Å². The SMILES string of the molecule is CC(O)(CNC(=O)c1cc2c(F)cccc2s1)C(=O)O. The Morgan fingerprint density at radius 3 is 2.75 bits per heavy atom. The lowest BCUT2D eigenvalue weighted by Crippen LogP contribution is -2.46. The Balaban J connectivity index is 2.16. The van der Waals surface area contributed by atoms with Crippen molar-refractivity contribution >= 4 is 33.3 Å². The van der Waals surface area contributed by atoms with E-state index in [4.69, 9.17) is 5.11 Å². The van der Waals surface area contributed by atoms with Crippen LogP contribution >= 0.6 is 11.3 Å². The number of carbonyl (C=O) groups is 2. The molecule has 1 aromatic heterocycles. The lowest BCUT2D eigenvalue weighted by molar-refractivity contribution is -0.155. The molecule has 1 atom stereocenters. The third-order valence-corrected chi connectivity index (χ3v) is 3.89. The third-order valence-electron chi connectivity index (χ3n) is 2.79. The molecule has 0 radical (unpaired) electrons. The van der Waals surface area contributed by atoms with Gasteiger partial charge in [-0.05, 0) is 25.1 Å². The average molecular weight is 297 g/mol. The van der Waals surface area contributed by atoms with Crippen LogP contribution in [0.4, 0.5) is 4.39 Å². The van der Waals surface area contributed by atoms with E-state index in [1.165, 1.54) is 12.1 Å². The molecule has 0 aliphatic heterocycles. The second kappa shape index (κ2) is 5.18. The van der Waals surface area contributed by atoms with Crippen LogP contribution in [0.1, 0.15) is 16.6 Å². The maximum atomic E-state index is 13.5. The minimum atomic E-state index is -2.04. The van der Waals surface area contributed by atoms with E-state index in [-0.39, 0.29) is 4.88 Å². The Bertz CT molecular complexity index is 680. The monoisotopic (exact) mass is 297 g/mol. The first-order valence-corrected chi connectivity index (χ1v) is 6.55. The Hall–Kier alpha value is -1.99. The molecule has 0 saturated heterocycles. The first-order valence-electron chi connectivity index (χ1n) is 5.73. The molecule has 1 unspecified atom stereocenters. The van der Waals surface area contributed by atoms with E-state index >= 15 is 0 Å². The molecule has 0 bridgehead atoms. The zero-order valence-electron chi connectivity index (χ0n) is 10.5. The third kappa shape index (κ3) is 2.78. The summed E-state index contributed by atoms with van der Waals surface area (Å²) in [6, 6.07) is 5.93. The van der Waals surface area contributed by atoms with Crippen molar-refractivity contribution in [1.29, 1.82) is 0 Å². The molecule has 1 aromatic carbocycles. The van der Waals surface area contributed by atoms with Gasteiger partial charge < -0.3 is 15.5 Å². The predicted octanol–water partition coefficient (Wildman–Crippen LogP) is 1.61. The molecule has 2 aromatic rings. The highest BCUT2D eigenvalue weighted by atomic mass is 32.1. The minimum absolute atomic E-state index is 0.256. The number of thiophene rings is 1. The van der Waals surface area contributed by atoms with Crippen molar-refractivity contribution in [2.75, 3.05) is 6.54 Å². The maximum Gasteiger partial charge on any atom is 0.337 e. The smallest absolute Gasteiger partial charge is 0.337 e. The van der Waals surface area contributed by atoms with Crippen molar-refractivity contribution in [3.8, 4) is 0 Å². The van der Waals surface area contributed by atoms with Gasteiger partial charge in [-0.15, -0.1) is 11.3 Å². The molecule has 0 spiro atoms. The number of aliphatic carboxylic acids is 1. The number of amides is 1. The zero-order valence-corrected chi connectivity index (χ0v) is 11.3. The Morgan fingerprint density at radius 1 is 1.45 bits per heavy atom. The van der Waals surface area contributed by atoms with Crippen LogP contribution in [-0.2, 0) is 4.79 Å². The number of hydrogen-bond donors (Lipinski definition) is 3. The molecular weight excluding hydrogens is 285 g/mol. The number of fused-ring (bicyclic) bond motifs is 1. The topological polar surface area (TPSA) is 86.6 Å². The number of carbonyl (C=O) groups excluding carboxylic acids is 1. The van der Waals surface area contributed by atoms with E-state index in [0.29, 0.717) is 10.1 Å². The van der Waals surface area contributed by atoms with Gasteiger partial charge in [0.1, 0.15) is 5.82 Å². The normalized spacial score (nSPS) is 13.9. The summed E-state index contributed by atoms with van der Waals surface area (Å²) in [5.41, 5.74) is -2.04. The van der Waals surface area contributed by atoms with Crippen molar-refractivity contribution in [3.63, 3.8) is 0 Å². The van der Waals surface area contributed by atoms with Crippen LogP contribution in [0.25, 0.3) is 10.1 Å². The van der Waals surface area contributed by atoms with Crippen molar-refractivity contribution < 1.29 is 24.2 Å². The molecule has 0 aliphatic carbocycles. The predicted molar refractivity (Wildman–Crippen MR) is 72.4 cm³/mol. The summed E-state index contributed by atoms with van der Waals surface area (Å²) >= 11 is 1.10. The largest absolute Gasteiger partial charge is 0.479 e. The van der Waals surface area contributed by atoms with E-state index in [1.54, 1.807) is 12.1 Å². The molecule has 0 saturated carbocycles. The van der Waals surface area contributed by atoms with Gasteiger partial charge in [-0.2, -0.15) is 0 Å². The van der Waals surface area contributed by atoms with Gasteiger partial charge in [0.25, 0.3) is 5.91 Å². The summed E-state index contributed by atoms with van der Waals surface area (Å²) in [5, 5.41) is 20.9. The van der Waals surface area contributed by atoms with Crippen molar-refractivity contribution in [2.24, 2.45) is 0 Å². The Kier molecular flexibility index (Phi) is 3.74. The molecular formula is C13H12FNO4S. The van der Waals surface area contributed by atoms with Crippen LogP contribution < -0.4 is 5.32 Å². The summed E-state index contributed by atoms with van der Waals surface area (Å²) in [6.45, 7) is 0.651. The molecule has 0 aliphatic rings. The van der Waals surface area contributed by atoms with Gasteiger partial charge in [-0.25, -0.2) is 9.18 Å². The first-order chi connectivity index (χ1) is 9.31. The number of halogens is 1. The molecule has 2 rings (SSSR count). The summed E-state index contributed by atoms with van der Waals surface area (Å²) in [6.07, 6.45) is 0. The van der Waals surface area contributed by atoms with E-state index < -0.39 is 29.8 Å². The number of carboxylic acid groups (broad SMARTS) is 1. The van der Waals surface area contributed by atoms with Crippen LogP contribution in [-0.4, -0.2) is 34.2 Å². The Labute approximate surface area is 117 Å². The summed E-state index contributed by atoms with van der Waals surface area (Å²) in [4.78, 5) is 22.8. The van der Waals surface area contributed by atoms with Gasteiger partial charge in [0.05, 0.1) is 11.4 Å². The van der Waals surface area contributed by atoms with Crippen LogP contribution in [0.15, 0.2) is 24.3 Å². The van der Waals surface area contributed by atoms with E-state index in [0.717, 1.165) is 18.3 Å². The molecule has 106 valence electrons. The summed E-state index contributed by atoms with van der Waals surface area (Å²) in [5.74, 6) is -2.40. The fourth-order valence-electron chi connectivity index (χ4n) is 1.55. The number of aliphatic hydroxyl groups is 1. The molecule has 7 heteroatoms. The number of nitrogens with one attached hydrogen (secondary N) is 1. The molecule has 3 N–H and O–H groups in total. The number of benzene rings is 1. The minimum Gasteiger partial charge on any atom is -0.479 e. The number of rotatable bonds is 4. The van der Waals surface area contributed by atoms with E-state index in [9.17, 15) is 19.1 Å². The zero-order chi connectivity index (χ0) is 14.9. The van der Waals surface area contributed by atoms with Crippen LogP contribution in [0, 0.1) is 5.82 Å². The van der Waals surface area contributed by atoms with Crippen molar-refractivity contribution in [1.82, 2.24) is 5.32 Å². The van der Waals surface area contributed by atoms with Gasteiger partial charge in [0.2, 0.25) is 0 Å². The second-order valence-electron chi connectivity index (χ2n) is 4.52. The number of carboxylic acids is 1.